The van der Waals surface area contributed by atoms with Crippen molar-refractivity contribution in [3.05, 3.63) is 30.1 Å². The third-order valence-corrected chi connectivity index (χ3v) is 4.14. The van der Waals surface area contributed by atoms with Gasteiger partial charge in [-0.2, -0.15) is 0 Å². The Morgan fingerprint density at radius 3 is 2.71 bits per heavy atom. The van der Waals surface area contributed by atoms with Gasteiger partial charge in [0.25, 0.3) is 0 Å². The monoisotopic (exact) mass is 287 g/mol. The number of nitrogens with zero attached hydrogens (tertiary/aromatic N) is 2. The van der Waals surface area contributed by atoms with Gasteiger partial charge in [-0.05, 0) is 24.5 Å². The smallest absolute Gasteiger partial charge is 0.157 e. The molecule has 1 aromatic heterocycles. The van der Waals surface area contributed by atoms with Crippen molar-refractivity contribution in [3.8, 4) is 0 Å². The second kappa shape index (κ2) is 6.85. The van der Waals surface area contributed by atoms with Crippen LogP contribution in [0.2, 0.25) is 0 Å². The summed E-state index contributed by atoms with van der Waals surface area (Å²) in [5.41, 5.74) is 8.10. The topological polar surface area (TPSA) is 60.9 Å². The second-order valence-corrected chi connectivity index (χ2v) is 5.72. The molecule has 2 N–H and O–H groups in total. The molecule has 4 nitrogen and oxygen atoms in total. The van der Waals surface area contributed by atoms with Gasteiger partial charge >= 0.3 is 0 Å². The van der Waals surface area contributed by atoms with Gasteiger partial charge in [0.15, 0.2) is 5.78 Å². The molecule has 0 saturated carbocycles. The van der Waals surface area contributed by atoms with Crippen LogP contribution in [0.5, 0.6) is 0 Å². The number of Topliss-reactive ketones (excluding diaryl/α,β-unsaturated/α-hetero) is 1. The van der Waals surface area contributed by atoms with E-state index in [0.29, 0.717) is 6.42 Å². The Hall–Kier alpha value is -1.68. The maximum atomic E-state index is 12.4. The largest absolute Gasteiger partial charge is 0.328 e. The number of hydrogen-bond donors (Lipinski definition) is 1. The summed E-state index contributed by atoms with van der Waals surface area (Å²) in [5.74, 6) is 1.13. The van der Waals surface area contributed by atoms with Crippen molar-refractivity contribution in [3.63, 3.8) is 0 Å². The molecule has 2 unspecified atom stereocenters. The van der Waals surface area contributed by atoms with Crippen molar-refractivity contribution in [2.24, 2.45) is 11.7 Å². The van der Waals surface area contributed by atoms with Crippen LogP contribution in [-0.4, -0.2) is 21.4 Å². The molecule has 1 heterocycles. The van der Waals surface area contributed by atoms with Crippen molar-refractivity contribution in [2.75, 3.05) is 0 Å². The van der Waals surface area contributed by atoms with Crippen LogP contribution in [0, 0.1) is 5.92 Å². The van der Waals surface area contributed by atoms with Gasteiger partial charge in [-0.3, -0.25) is 4.79 Å². The minimum Gasteiger partial charge on any atom is -0.328 e. The zero-order valence-electron chi connectivity index (χ0n) is 13.2. The van der Waals surface area contributed by atoms with Crippen LogP contribution >= 0.6 is 0 Å². The number of aromatic nitrogens is 2. The molecule has 21 heavy (non-hydrogen) atoms. The highest BCUT2D eigenvalue weighted by atomic mass is 16.1. The summed E-state index contributed by atoms with van der Waals surface area (Å²) in [5, 5.41) is 0. The van der Waals surface area contributed by atoms with Crippen molar-refractivity contribution < 1.29 is 4.79 Å². The van der Waals surface area contributed by atoms with Crippen LogP contribution < -0.4 is 5.73 Å². The lowest BCUT2D eigenvalue weighted by atomic mass is 9.95. The Bertz CT molecular complexity index is 618. The molecule has 0 bridgehead atoms. The third kappa shape index (κ3) is 3.32. The number of fused-ring (bicyclic) bond motifs is 1. The zero-order valence-corrected chi connectivity index (χ0v) is 13.2. The maximum Gasteiger partial charge on any atom is 0.157 e. The van der Waals surface area contributed by atoms with Crippen molar-refractivity contribution in [1.82, 2.24) is 9.55 Å². The predicted octanol–water partition coefficient (Wildman–Crippen LogP) is 2.93. The minimum atomic E-state index is -0.398. The SMILES string of the molecule is CCCn1c(CC(=O)C(N)C(C)CC)nc2ccccc21. The average Bonchev–Trinajstić information content (AvgIpc) is 2.84. The van der Waals surface area contributed by atoms with E-state index < -0.39 is 6.04 Å². The van der Waals surface area contributed by atoms with Gasteiger partial charge in [-0.15, -0.1) is 0 Å². The number of nitrogens with two attached hydrogens (primary N) is 1. The van der Waals surface area contributed by atoms with Crippen LogP contribution in [-0.2, 0) is 17.8 Å². The van der Waals surface area contributed by atoms with Gasteiger partial charge < -0.3 is 10.3 Å². The van der Waals surface area contributed by atoms with Crippen LogP contribution in [0.4, 0.5) is 0 Å². The van der Waals surface area contributed by atoms with E-state index in [1.165, 1.54) is 0 Å². The van der Waals surface area contributed by atoms with Crippen molar-refractivity contribution in [1.29, 1.82) is 0 Å². The van der Waals surface area contributed by atoms with E-state index in [9.17, 15) is 4.79 Å². The first-order chi connectivity index (χ1) is 10.1. The highest BCUT2D eigenvalue weighted by Crippen LogP contribution is 2.18. The standard InChI is InChI=1S/C17H25N3O/c1-4-10-20-14-9-7-6-8-13(14)19-16(20)11-15(21)17(18)12(3)5-2/h6-9,12,17H,4-5,10-11,18H2,1-3H3. The molecule has 1 aromatic carbocycles. The average molecular weight is 287 g/mol. The first kappa shape index (κ1) is 15.7. The quantitative estimate of drug-likeness (QED) is 0.851. The van der Waals surface area contributed by atoms with E-state index in [1.54, 1.807) is 0 Å². The molecule has 4 heteroatoms. The molecule has 114 valence electrons. The summed E-state index contributed by atoms with van der Waals surface area (Å²) in [4.78, 5) is 17.0. The Morgan fingerprint density at radius 1 is 1.33 bits per heavy atom. The zero-order chi connectivity index (χ0) is 15.4. The molecule has 0 amide bonds. The van der Waals surface area contributed by atoms with Crippen LogP contribution in [0.25, 0.3) is 11.0 Å². The Kier molecular flexibility index (Phi) is 5.12. The van der Waals surface area contributed by atoms with Crippen molar-refractivity contribution in [2.45, 2.75) is 52.6 Å². The Labute approximate surface area is 126 Å². The number of carbonyl (C=O) groups excluding carboxylic acids is 1. The summed E-state index contributed by atoms with van der Waals surface area (Å²) in [7, 11) is 0. The summed E-state index contributed by atoms with van der Waals surface area (Å²) in [6.07, 6.45) is 2.25. The highest BCUT2D eigenvalue weighted by molar-refractivity contribution is 5.86. The third-order valence-electron chi connectivity index (χ3n) is 4.14. The lowest BCUT2D eigenvalue weighted by Gasteiger charge is -2.17. The number of aryl methyl sites for hydroxylation is 1. The van der Waals surface area contributed by atoms with Gasteiger partial charge in [0.05, 0.1) is 23.5 Å². The molecular weight excluding hydrogens is 262 g/mol. The fourth-order valence-electron chi connectivity index (χ4n) is 2.58. The van der Waals surface area contributed by atoms with Crippen LogP contribution in [0.1, 0.15) is 39.4 Å². The van der Waals surface area contributed by atoms with E-state index in [2.05, 4.69) is 29.5 Å². The van der Waals surface area contributed by atoms with Crippen molar-refractivity contribution >= 4 is 16.8 Å². The summed E-state index contributed by atoms with van der Waals surface area (Å²) in [6, 6.07) is 7.63. The van der Waals surface area contributed by atoms with Crippen LogP contribution in [0.15, 0.2) is 24.3 Å². The number of carbonyl (C=O) groups is 1. The summed E-state index contributed by atoms with van der Waals surface area (Å²) < 4.78 is 2.15. The second-order valence-electron chi connectivity index (χ2n) is 5.72. The van der Waals surface area contributed by atoms with Crippen LogP contribution in [0.3, 0.4) is 0 Å². The summed E-state index contributed by atoms with van der Waals surface area (Å²) >= 11 is 0. The predicted molar refractivity (Wildman–Crippen MR) is 86.2 cm³/mol. The number of para-hydroxylation sites is 2. The molecule has 0 aliphatic carbocycles. The summed E-state index contributed by atoms with van der Waals surface area (Å²) in [6.45, 7) is 7.09. The fraction of sp³-hybridized carbons (Fsp3) is 0.529. The van der Waals surface area contributed by atoms with Gasteiger partial charge in [-0.1, -0.05) is 39.3 Å². The lowest BCUT2D eigenvalue weighted by molar-refractivity contribution is -0.120. The van der Waals surface area contributed by atoms with Gasteiger partial charge in [-0.25, -0.2) is 4.98 Å². The number of imidazole rings is 1. The Morgan fingerprint density at radius 2 is 2.05 bits per heavy atom. The molecule has 2 rings (SSSR count). The number of hydrogen-bond acceptors (Lipinski definition) is 3. The molecule has 0 aliphatic heterocycles. The fourth-order valence-corrected chi connectivity index (χ4v) is 2.58. The molecule has 0 saturated heterocycles. The lowest BCUT2D eigenvalue weighted by Crippen LogP contribution is -2.38. The maximum absolute atomic E-state index is 12.4. The first-order valence-corrected chi connectivity index (χ1v) is 7.80. The van der Waals surface area contributed by atoms with E-state index in [1.807, 2.05) is 25.1 Å². The molecule has 0 fully saturated rings. The normalized spacial score (nSPS) is 14.3. The Balaban J connectivity index is 2.29. The number of benzene rings is 1. The van der Waals surface area contributed by atoms with Gasteiger partial charge in [0, 0.05) is 6.54 Å². The number of ketones is 1. The molecular formula is C17H25N3O. The minimum absolute atomic E-state index is 0.0806. The molecule has 0 spiro atoms. The van der Waals surface area contributed by atoms with E-state index in [-0.39, 0.29) is 11.7 Å². The van der Waals surface area contributed by atoms with Gasteiger partial charge in [0.2, 0.25) is 0 Å². The highest BCUT2D eigenvalue weighted by Gasteiger charge is 2.22. The van der Waals surface area contributed by atoms with E-state index in [0.717, 1.165) is 36.2 Å². The van der Waals surface area contributed by atoms with E-state index in [4.69, 9.17) is 5.73 Å². The molecule has 2 aromatic rings. The molecule has 0 aliphatic rings. The van der Waals surface area contributed by atoms with Gasteiger partial charge in [0.1, 0.15) is 5.82 Å². The van der Waals surface area contributed by atoms with E-state index >= 15 is 0 Å². The molecule has 2 atom stereocenters. The first-order valence-electron chi connectivity index (χ1n) is 7.80. The molecule has 0 radical (unpaired) electrons. The number of rotatable bonds is 7.